The van der Waals surface area contributed by atoms with Gasteiger partial charge in [-0.1, -0.05) is 24.3 Å². The van der Waals surface area contributed by atoms with Crippen molar-refractivity contribution in [2.75, 3.05) is 7.05 Å². The Morgan fingerprint density at radius 1 is 1.18 bits per heavy atom. The Bertz CT molecular complexity index is 439. The Morgan fingerprint density at radius 2 is 1.73 bits per heavy atom. The predicted octanol–water partition coefficient (Wildman–Crippen LogP) is 2.72. The molecule has 4 nitrogen and oxygen atoms in total. The van der Waals surface area contributed by atoms with Gasteiger partial charge >= 0.3 is 0 Å². The number of rotatable bonds is 7. The summed E-state index contributed by atoms with van der Waals surface area (Å²) < 4.78 is 0. The molecule has 0 bridgehead atoms. The van der Waals surface area contributed by atoms with Crippen LogP contribution in [-0.2, 0) is 17.9 Å². The second kappa shape index (κ2) is 11.7. The van der Waals surface area contributed by atoms with Gasteiger partial charge in [-0.2, -0.15) is 0 Å². The fourth-order valence-electron chi connectivity index (χ4n) is 1.89. The highest BCUT2D eigenvalue weighted by Gasteiger charge is 2.09. The number of benzene rings is 1. The van der Waals surface area contributed by atoms with Gasteiger partial charge in [0.15, 0.2) is 0 Å². The normalized spacial score (nSPS) is 11.6. The Kier molecular flexibility index (Phi) is 12.5. The van der Waals surface area contributed by atoms with E-state index in [1.807, 2.05) is 19.1 Å². The first-order valence-corrected chi connectivity index (χ1v) is 7.19. The minimum atomic E-state index is -0.0997. The van der Waals surface area contributed by atoms with Crippen LogP contribution in [0.4, 0.5) is 0 Å². The molecule has 0 saturated carbocycles. The lowest BCUT2D eigenvalue weighted by Gasteiger charge is -2.22. The third kappa shape index (κ3) is 8.59. The highest BCUT2D eigenvalue weighted by atomic mass is 35.5. The largest absolute Gasteiger partial charge is 0.352 e. The van der Waals surface area contributed by atoms with Crippen LogP contribution in [0.15, 0.2) is 24.3 Å². The van der Waals surface area contributed by atoms with Gasteiger partial charge in [0.2, 0.25) is 5.91 Å². The number of nitrogens with zero attached hydrogens (tertiary/aromatic N) is 1. The van der Waals surface area contributed by atoms with E-state index in [4.69, 9.17) is 5.73 Å². The molecule has 6 heteroatoms. The maximum Gasteiger partial charge on any atom is 0.221 e. The molecule has 1 amide bonds. The molecule has 1 rings (SSSR count). The summed E-state index contributed by atoms with van der Waals surface area (Å²) in [6.07, 6.45) is 0.369. The van der Waals surface area contributed by atoms with Gasteiger partial charge < -0.3 is 11.1 Å². The minimum absolute atomic E-state index is 0. The zero-order chi connectivity index (χ0) is 15.1. The third-order valence-electron chi connectivity index (χ3n) is 3.40. The summed E-state index contributed by atoms with van der Waals surface area (Å²) in [5, 5.41) is 2.94. The smallest absolute Gasteiger partial charge is 0.221 e. The number of amides is 1. The van der Waals surface area contributed by atoms with Gasteiger partial charge in [-0.05, 0) is 38.9 Å². The van der Waals surface area contributed by atoms with Crippen molar-refractivity contribution in [3.05, 3.63) is 35.4 Å². The van der Waals surface area contributed by atoms with E-state index in [9.17, 15) is 4.79 Å². The maximum atomic E-state index is 11.7. The summed E-state index contributed by atoms with van der Waals surface area (Å²) in [4.78, 5) is 13.9. The van der Waals surface area contributed by atoms with E-state index >= 15 is 0 Å². The fourth-order valence-corrected chi connectivity index (χ4v) is 1.89. The van der Waals surface area contributed by atoms with E-state index in [1.54, 1.807) is 0 Å². The van der Waals surface area contributed by atoms with Crippen LogP contribution in [0.3, 0.4) is 0 Å². The second-order valence-corrected chi connectivity index (χ2v) is 5.74. The van der Waals surface area contributed by atoms with Crippen LogP contribution in [0, 0.1) is 0 Å². The molecular weight excluding hydrogens is 321 g/mol. The lowest BCUT2D eigenvalue weighted by atomic mass is 10.1. The van der Waals surface area contributed by atoms with Crippen molar-refractivity contribution in [2.24, 2.45) is 5.73 Å². The number of nitrogens with two attached hydrogens (primary N) is 1. The summed E-state index contributed by atoms with van der Waals surface area (Å²) >= 11 is 0. The molecule has 0 aromatic heterocycles. The lowest BCUT2D eigenvalue weighted by Crippen LogP contribution is -2.30. The van der Waals surface area contributed by atoms with Gasteiger partial charge in [-0.15, -0.1) is 24.8 Å². The molecule has 0 aliphatic rings. The van der Waals surface area contributed by atoms with Gasteiger partial charge in [0, 0.05) is 31.6 Å². The van der Waals surface area contributed by atoms with E-state index in [1.165, 1.54) is 5.56 Å². The summed E-state index contributed by atoms with van der Waals surface area (Å²) in [7, 11) is 2.11. The van der Waals surface area contributed by atoms with Crippen molar-refractivity contribution < 1.29 is 4.79 Å². The van der Waals surface area contributed by atoms with E-state index in [-0.39, 0.29) is 36.8 Å². The number of halogens is 2. The van der Waals surface area contributed by atoms with Gasteiger partial charge in [0.05, 0.1) is 0 Å². The van der Waals surface area contributed by atoms with E-state index < -0.39 is 0 Å². The van der Waals surface area contributed by atoms with Gasteiger partial charge in [0.25, 0.3) is 0 Å². The SMILES string of the molecule is CC(N)CC(=O)NCc1ccccc1CN(C)C(C)C.Cl.Cl. The predicted molar refractivity (Wildman–Crippen MR) is 97.7 cm³/mol. The average molecular weight is 350 g/mol. The summed E-state index contributed by atoms with van der Waals surface area (Å²) in [5.74, 6) is 0.00650. The Morgan fingerprint density at radius 3 is 2.23 bits per heavy atom. The van der Waals surface area contributed by atoms with Gasteiger partial charge in [-0.25, -0.2) is 0 Å². The average Bonchev–Trinajstić information content (AvgIpc) is 2.36. The molecule has 0 aliphatic heterocycles. The number of carbonyl (C=O) groups is 1. The molecule has 22 heavy (non-hydrogen) atoms. The van der Waals surface area contributed by atoms with Crippen molar-refractivity contribution in [3.8, 4) is 0 Å². The highest BCUT2D eigenvalue weighted by molar-refractivity contribution is 5.85. The molecule has 1 aromatic carbocycles. The topological polar surface area (TPSA) is 58.4 Å². The summed E-state index contributed by atoms with van der Waals surface area (Å²) in [6, 6.07) is 8.62. The number of hydrogen-bond acceptors (Lipinski definition) is 3. The first-order chi connectivity index (χ1) is 9.40. The molecule has 1 unspecified atom stereocenters. The van der Waals surface area contributed by atoms with Crippen molar-refractivity contribution in [2.45, 2.75) is 52.4 Å². The van der Waals surface area contributed by atoms with Crippen LogP contribution in [-0.4, -0.2) is 29.9 Å². The molecule has 1 aromatic rings. The quantitative estimate of drug-likeness (QED) is 0.795. The van der Waals surface area contributed by atoms with Crippen LogP contribution in [0.25, 0.3) is 0 Å². The molecule has 0 fully saturated rings. The molecule has 0 spiro atoms. The third-order valence-corrected chi connectivity index (χ3v) is 3.40. The Hall–Kier alpha value is -0.810. The fraction of sp³-hybridized carbons (Fsp3) is 0.562. The molecule has 128 valence electrons. The van der Waals surface area contributed by atoms with E-state index in [0.29, 0.717) is 19.0 Å². The maximum absolute atomic E-state index is 11.7. The lowest BCUT2D eigenvalue weighted by molar-refractivity contribution is -0.121. The Balaban J connectivity index is 0. The zero-order valence-corrected chi connectivity index (χ0v) is 15.5. The molecule has 3 N–H and O–H groups in total. The first-order valence-electron chi connectivity index (χ1n) is 7.19. The second-order valence-electron chi connectivity index (χ2n) is 5.74. The molecular formula is C16H29Cl2N3O. The molecule has 1 atom stereocenters. The molecule has 0 radical (unpaired) electrons. The van der Waals surface area contributed by atoms with Gasteiger partial charge in [-0.3, -0.25) is 9.69 Å². The van der Waals surface area contributed by atoms with E-state index in [2.05, 4.69) is 43.2 Å². The van der Waals surface area contributed by atoms with Crippen molar-refractivity contribution in [1.82, 2.24) is 10.2 Å². The summed E-state index contributed by atoms with van der Waals surface area (Å²) in [6.45, 7) is 7.63. The van der Waals surface area contributed by atoms with Crippen LogP contribution in [0.1, 0.15) is 38.3 Å². The minimum Gasteiger partial charge on any atom is -0.352 e. The van der Waals surface area contributed by atoms with E-state index in [0.717, 1.165) is 12.1 Å². The number of hydrogen-bond donors (Lipinski definition) is 2. The summed E-state index contributed by atoms with van der Waals surface area (Å²) in [5.41, 5.74) is 8.04. The number of carbonyl (C=O) groups excluding carboxylic acids is 1. The Labute approximate surface area is 146 Å². The highest BCUT2D eigenvalue weighted by Crippen LogP contribution is 2.12. The number of nitrogens with one attached hydrogen (secondary N) is 1. The van der Waals surface area contributed by atoms with Gasteiger partial charge in [0.1, 0.15) is 0 Å². The van der Waals surface area contributed by atoms with Crippen LogP contribution < -0.4 is 11.1 Å². The van der Waals surface area contributed by atoms with Crippen LogP contribution >= 0.6 is 24.8 Å². The van der Waals surface area contributed by atoms with Crippen LogP contribution in [0.5, 0.6) is 0 Å². The van der Waals surface area contributed by atoms with Crippen molar-refractivity contribution in [3.63, 3.8) is 0 Å². The molecule has 0 saturated heterocycles. The van der Waals surface area contributed by atoms with Crippen LogP contribution in [0.2, 0.25) is 0 Å². The molecule has 0 heterocycles. The van der Waals surface area contributed by atoms with Crippen molar-refractivity contribution in [1.29, 1.82) is 0 Å². The standard InChI is InChI=1S/C16H27N3O.2ClH/c1-12(2)19(4)11-15-8-6-5-7-14(15)10-18-16(20)9-13(3)17;;/h5-8,12-13H,9-11,17H2,1-4H3,(H,18,20);2*1H. The molecule has 0 aliphatic carbocycles. The first kappa shape index (κ1) is 23.5. The monoisotopic (exact) mass is 349 g/mol. The van der Waals surface area contributed by atoms with Crippen molar-refractivity contribution >= 4 is 30.7 Å². The zero-order valence-electron chi connectivity index (χ0n) is 13.8.